The number of aromatic nitrogens is 1. The van der Waals surface area contributed by atoms with Gasteiger partial charge in [-0.15, -0.1) is 0 Å². The first-order valence-electron chi connectivity index (χ1n) is 5.80. The third kappa shape index (κ3) is 4.17. The monoisotopic (exact) mass is 392 g/mol. The molecule has 0 bridgehead atoms. The Morgan fingerprint density at radius 3 is 3.05 bits per heavy atom. The van der Waals surface area contributed by atoms with Crippen LogP contribution in [0.3, 0.4) is 0 Å². The van der Waals surface area contributed by atoms with E-state index in [2.05, 4.69) is 32.9 Å². The van der Waals surface area contributed by atoms with Gasteiger partial charge < -0.3 is 14.5 Å². The zero-order chi connectivity index (χ0) is 13.7. The summed E-state index contributed by atoms with van der Waals surface area (Å²) in [4.78, 5) is 4.42. The second-order valence-corrected chi connectivity index (χ2v) is 5.51. The molecular weight excluding hydrogens is 379 g/mol. The Labute approximate surface area is 130 Å². The van der Waals surface area contributed by atoms with Gasteiger partial charge in [-0.25, -0.2) is 4.98 Å². The van der Waals surface area contributed by atoms with E-state index in [1.165, 1.54) is 0 Å². The third-order valence-corrected chi connectivity index (χ3v) is 4.08. The van der Waals surface area contributed by atoms with Crippen LogP contribution in [0.2, 0.25) is 5.02 Å². The Hall–Kier alpha value is -0.630. The van der Waals surface area contributed by atoms with Crippen molar-refractivity contribution in [2.24, 2.45) is 0 Å². The Kier molecular flexibility index (Phi) is 5.62. The van der Waals surface area contributed by atoms with Gasteiger partial charge in [-0.1, -0.05) is 11.6 Å². The molecule has 1 heterocycles. The van der Waals surface area contributed by atoms with Gasteiger partial charge >= 0.3 is 0 Å². The molecule has 0 radical (unpaired) electrons. The van der Waals surface area contributed by atoms with Crippen LogP contribution in [0.1, 0.15) is 5.69 Å². The summed E-state index contributed by atoms with van der Waals surface area (Å²) in [6.07, 6.45) is 1.65. The van der Waals surface area contributed by atoms with Crippen molar-refractivity contribution in [3.63, 3.8) is 0 Å². The molecule has 0 saturated carbocycles. The summed E-state index contributed by atoms with van der Waals surface area (Å²) < 4.78 is 11.4. The lowest BCUT2D eigenvalue weighted by atomic mass is 10.2. The number of nitrogens with zero attached hydrogens (tertiary/aromatic N) is 1. The fourth-order valence-corrected chi connectivity index (χ4v) is 2.06. The number of methoxy groups -OCH3 is 1. The van der Waals surface area contributed by atoms with Crippen molar-refractivity contribution in [2.75, 3.05) is 20.3 Å². The molecule has 0 atom stereocenters. The van der Waals surface area contributed by atoms with Gasteiger partial charge in [-0.2, -0.15) is 0 Å². The zero-order valence-corrected chi connectivity index (χ0v) is 13.4. The smallest absolute Gasteiger partial charge is 0.226 e. The van der Waals surface area contributed by atoms with Gasteiger partial charge in [0, 0.05) is 29.3 Å². The molecule has 6 heteroatoms. The van der Waals surface area contributed by atoms with Crippen LogP contribution in [0.5, 0.6) is 0 Å². The molecule has 1 aromatic heterocycles. The normalized spacial score (nSPS) is 10.9. The van der Waals surface area contributed by atoms with Crippen LogP contribution in [0, 0.1) is 3.57 Å². The van der Waals surface area contributed by atoms with Crippen molar-refractivity contribution in [2.45, 2.75) is 6.54 Å². The van der Waals surface area contributed by atoms with Crippen molar-refractivity contribution in [3.8, 4) is 11.5 Å². The Morgan fingerprint density at radius 1 is 1.47 bits per heavy atom. The van der Waals surface area contributed by atoms with E-state index in [9.17, 15) is 0 Å². The van der Waals surface area contributed by atoms with Crippen molar-refractivity contribution in [3.05, 3.63) is 38.7 Å². The second-order valence-electron chi connectivity index (χ2n) is 3.94. The molecule has 0 fully saturated rings. The van der Waals surface area contributed by atoms with Gasteiger partial charge in [0.15, 0.2) is 0 Å². The summed E-state index contributed by atoms with van der Waals surface area (Å²) in [5.41, 5.74) is 1.74. The van der Waals surface area contributed by atoms with E-state index in [1.54, 1.807) is 13.4 Å². The van der Waals surface area contributed by atoms with Crippen molar-refractivity contribution in [1.29, 1.82) is 0 Å². The van der Waals surface area contributed by atoms with Gasteiger partial charge in [-0.05, 0) is 40.8 Å². The molecule has 2 aromatic rings. The highest BCUT2D eigenvalue weighted by Crippen LogP contribution is 2.26. The van der Waals surface area contributed by atoms with E-state index >= 15 is 0 Å². The van der Waals surface area contributed by atoms with Gasteiger partial charge in [0.05, 0.1) is 17.3 Å². The molecule has 0 aliphatic rings. The highest BCUT2D eigenvalue weighted by atomic mass is 127. The summed E-state index contributed by atoms with van der Waals surface area (Å²) >= 11 is 8.27. The summed E-state index contributed by atoms with van der Waals surface area (Å²) in [5, 5.41) is 3.92. The van der Waals surface area contributed by atoms with E-state index < -0.39 is 0 Å². The first-order chi connectivity index (χ1) is 9.20. The average molecular weight is 393 g/mol. The fraction of sp³-hybridized carbons (Fsp3) is 0.308. The number of ether oxygens (including phenoxy) is 1. The minimum absolute atomic E-state index is 0.585. The lowest BCUT2D eigenvalue weighted by Gasteiger charge is -2.00. The van der Waals surface area contributed by atoms with E-state index in [0.29, 0.717) is 24.1 Å². The van der Waals surface area contributed by atoms with E-state index in [1.807, 2.05) is 18.2 Å². The standard InChI is InChI=1S/C13H14ClIN2O2/c1-18-5-4-16-7-10-8-19-13(17-10)9-2-3-12(15)11(14)6-9/h2-3,6,8,16H,4-5,7H2,1H3. The van der Waals surface area contributed by atoms with Crippen LogP contribution >= 0.6 is 34.2 Å². The molecular formula is C13H14ClIN2O2. The molecule has 1 aromatic carbocycles. The lowest BCUT2D eigenvalue weighted by molar-refractivity contribution is 0.199. The number of hydrogen-bond acceptors (Lipinski definition) is 4. The largest absolute Gasteiger partial charge is 0.444 e. The maximum absolute atomic E-state index is 6.09. The van der Waals surface area contributed by atoms with Crippen molar-refractivity contribution < 1.29 is 9.15 Å². The fourth-order valence-electron chi connectivity index (χ4n) is 1.54. The highest BCUT2D eigenvalue weighted by Gasteiger charge is 2.08. The number of nitrogens with one attached hydrogen (secondary N) is 1. The molecule has 2 rings (SSSR count). The first kappa shape index (κ1) is 14.8. The zero-order valence-electron chi connectivity index (χ0n) is 10.5. The average Bonchev–Trinajstić information content (AvgIpc) is 2.87. The van der Waals surface area contributed by atoms with Crippen LogP contribution in [0.15, 0.2) is 28.9 Å². The SMILES string of the molecule is COCCNCc1coc(-c2ccc(I)c(Cl)c2)n1. The molecule has 1 N–H and O–H groups in total. The Balaban J connectivity index is 2.01. The minimum Gasteiger partial charge on any atom is -0.444 e. The third-order valence-electron chi connectivity index (χ3n) is 2.51. The first-order valence-corrected chi connectivity index (χ1v) is 7.26. The van der Waals surface area contributed by atoms with Gasteiger partial charge in [-0.3, -0.25) is 0 Å². The molecule has 19 heavy (non-hydrogen) atoms. The number of hydrogen-bond donors (Lipinski definition) is 1. The highest BCUT2D eigenvalue weighted by molar-refractivity contribution is 14.1. The number of benzene rings is 1. The predicted octanol–water partition coefficient (Wildman–Crippen LogP) is 3.34. The van der Waals surface area contributed by atoms with Crippen LogP contribution in [0.4, 0.5) is 0 Å². The molecule has 0 unspecified atom stereocenters. The van der Waals surface area contributed by atoms with E-state index in [0.717, 1.165) is 21.4 Å². The number of rotatable bonds is 6. The maximum atomic E-state index is 6.09. The molecule has 102 valence electrons. The van der Waals surface area contributed by atoms with Gasteiger partial charge in [0.2, 0.25) is 5.89 Å². The molecule has 0 saturated heterocycles. The molecule has 4 nitrogen and oxygen atoms in total. The van der Waals surface area contributed by atoms with E-state index in [4.69, 9.17) is 20.8 Å². The summed E-state index contributed by atoms with van der Waals surface area (Å²) in [6, 6.07) is 5.75. The summed E-state index contributed by atoms with van der Waals surface area (Å²) in [5.74, 6) is 0.585. The quantitative estimate of drug-likeness (QED) is 0.605. The van der Waals surface area contributed by atoms with Gasteiger partial charge in [0.1, 0.15) is 6.26 Å². The van der Waals surface area contributed by atoms with Crippen LogP contribution < -0.4 is 5.32 Å². The van der Waals surface area contributed by atoms with Crippen molar-refractivity contribution >= 4 is 34.2 Å². The van der Waals surface area contributed by atoms with Crippen molar-refractivity contribution in [1.82, 2.24) is 10.3 Å². The van der Waals surface area contributed by atoms with Crippen LogP contribution in [0.25, 0.3) is 11.5 Å². The maximum Gasteiger partial charge on any atom is 0.226 e. The molecule has 0 aliphatic heterocycles. The van der Waals surface area contributed by atoms with Crippen LogP contribution in [-0.2, 0) is 11.3 Å². The summed E-state index contributed by atoms with van der Waals surface area (Å²) in [7, 11) is 1.68. The minimum atomic E-state index is 0.585. The Bertz CT molecular complexity index is 545. The van der Waals surface area contributed by atoms with Crippen LogP contribution in [-0.4, -0.2) is 25.2 Å². The molecule has 0 aliphatic carbocycles. The Morgan fingerprint density at radius 2 is 2.32 bits per heavy atom. The number of halogens is 2. The lowest BCUT2D eigenvalue weighted by Crippen LogP contribution is -2.18. The van der Waals surface area contributed by atoms with E-state index in [-0.39, 0.29) is 0 Å². The number of oxazole rings is 1. The predicted molar refractivity (Wildman–Crippen MR) is 83.2 cm³/mol. The second kappa shape index (κ2) is 7.23. The molecule has 0 spiro atoms. The molecule has 0 amide bonds. The van der Waals surface area contributed by atoms with Gasteiger partial charge in [0.25, 0.3) is 0 Å². The summed E-state index contributed by atoms with van der Waals surface area (Å²) in [6.45, 7) is 2.12. The topological polar surface area (TPSA) is 47.3 Å².